The second kappa shape index (κ2) is 5.27. The number of hydrogen-bond donors (Lipinski definition) is 1. The van der Waals surface area contributed by atoms with Gasteiger partial charge < -0.3 is 14.5 Å². The first-order valence-electron chi connectivity index (χ1n) is 5.57. The van der Waals surface area contributed by atoms with Crippen LogP contribution in [0.2, 0.25) is 0 Å². The van der Waals surface area contributed by atoms with E-state index in [0.29, 0.717) is 27.6 Å². The molecule has 0 aliphatic rings. The number of carbonyl (C=O) groups excluding carboxylic acids is 2. The van der Waals surface area contributed by atoms with Crippen molar-refractivity contribution < 1.29 is 18.7 Å². The number of ether oxygens (including phenoxy) is 1. The fourth-order valence-corrected chi connectivity index (χ4v) is 2.47. The molecule has 0 aliphatic heterocycles. The topological polar surface area (TPSA) is 68.5 Å². The van der Waals surface area contributed by atoms with Crippen molar-refractivity contribution in [2.45, 2.75) is 13.8 Å². The third-order valence-electron chi connectivity index (χ3n) is 2.58. The molecule has 1 N–H and O–H groups in total. The van der Waals surface area contributed by atoms with Crippen molar-refractivity contribution in [3.05, 3.63) is 40.2 Å². The molecule has 6 heteroatoms. The Morgan fingerprint density at radius 2 is 2.05 bits per heavy atom. The lowest BCUT2D eigenvalue weighted by atomic mass is 10.2. The Labute approximate surface area is 114 Å². The number of carbonyl (C=O) groups is 2. The summed E-state index contributed by atoms with van der Waals surface area (Å²) in [6.07, 6.45) is 0. The van der Waals surface area contributed by atoms with Gasteiger partial charge in [-0.3, -0.25) is 4.79 Å². The van der Waals surface area contributed by atoms with Gasteiger partial charge in [0.2, 0.25) is 0 Å². The standard InChI is InChI=1S/C13H13NO4S/c1-7-6-10(8(2)18-7)11(15)14-12-9(4-5-19-12)13(16)17-3/h4-6H,1-3H3,(H,14,15). The van der Waals surface area contributed by atoms with Crippen LogP contribution in [-0.4, -0.2) is 19.0 Å². The van der Waals surface area contributed by atoms with Crippen LogP contribution >= 0.6 is 11.3 Å². The predicted molar refractivity (Wildman–Crippen MR) is 71.8 cm³/mol. The smallest absolute Gasteiger partial charge is 0.340 e. The molecule has 0 aliphatic carbocycles. The van der Waals surface area contributed by atoms with Crippen LogP contribution in [0.15, 0.2) is 21.9 Å². The van der Waals surface area contributed by atoms with Crippen LogP contribution in [-0.2, 0) is 4.74 Å². The highest BCUT2D eigenvalue weighted by Crippen LogP contribution is 2.25. The van der Waals surface area contributed by atoms with Gasteiger partial charge in [0.15, 0.2) is 0 Å². The van der Waals surface area contributed by atoms with E-state index < -0.39 is 5.97 Å². The number of amides is 1. The molecule has 0 fully saturated rings. The summed E-state index contributed by atoms with van der Waals surface area (Å²) in [6.45, 7) is 3.49. The number of hydrogen-bond acceptors (Lipinski definition) is 5. The van der Waals surface area contributed by atoms with Crippen molar-refractivity contribution in [3.8, 4) is 0 Å². The maximum atomic E-state index is 12.1. The quantitative estimate of drug-likeness (QED) is 0.877. The van der Waals surface area contributed by atoms with E-state index in [1.54, 1.807) is 31.4 Å². The molecule has 5 nitrogen and oxygen atoms in total. The molecular weight excluding hydrogens is 266 g/mol. The van der Waals surface area contributed by atoms with E-state index in [9.17, 15) is 9.59 Å². The number of esters is 1. The molecule has 2 rings (SSSR count). The molecule has 2 aromatic heterocycles. The van der Waals surface area contributed by atoms with Crippen LogP contribution in [0.4, 0.5) is 5.00 Å². The Kier molecular flexibility index (Phi) is 3.71. The summed E-state index contributed by atoms with van der Waals surface area (Å²) in [4.78, 5) is 23.6. The summed E-state index contributed by atoms with van der Waals surface area (Å²) >= 11 is 1.27. The number of aryl methyl sites for hydroxylation is 2. The molecule has 0 bridgehead atoms. The van der Waals surface area contributed by atoms with Crippen molar-refractivity contribution in [3.63, 3.8) is 0 Å². The summed E-state index contributed by atoms with van der Waals surface area (Å²) in [5.74, 6) is 0.437. The van der Waals surface area contributed by atoms with E-state index in [2.05, 4.69) is 10.1 Å². The number of rotatable bonds is 3. The highest BCUT2D eigenvalue weighted by molar-refractivity contribution is 7.14. The summed E-state index contributed by atoms with van der Waals surface area (Å²) < 4.78 is 9.95. The van der Waals surface area contributed by atoms with Gasteiger partial charge in [-0.25, -0.2) is 4.79 Å². The van der Waals surface area contributed by atoms with E-state index in [4.69, 9.17) is 4.42 Å². The lowest BCUT2D eigenvalue weighted by Gasteiger charge is -2.04. The molecule has 100 valence electrons. The number of thiophene rings is 1. The average Bonchev–Trinajstić information content (AvgIpc) is 2.95. The molecule has 0 saturated carbocycles. The summed E-state index contributed by atoms with van der Waals surface area (Å²) in [5.41, 5.74) is 0.806. The summed E-state index contributed by atoms with van der Waals surface area (Å²) in [5, 5.41) is 4.88. The van der Waals surface area contributed by atoms with Crippen molar-refractivity contribution in [2.75, 3.05) is 12.4 Å². The van der Waals surface area contributed by atoms with Crippen LogP contribution in [0.5, 0.6) is 0 Å². The van der Waals surface area contributed by atoms with Crippen LogP contribution in [0, 0.1) is 13.8 Å². The van der Waals surface area contributed by atoms with E-state index in [-0.39, 0.29) is 5.91 Å². The van der Waals surface area contributed by atoms with Crippen LogP contribution in [0.25, 0.3) is 0 Å². The van der Waals surface area contributed by atoms with Crippen LogP contribution in [0.3, 0.4) is 0 Å². The van der Waals surface area contributed by atoms with Crippen molar-refractivity contribution in [2.24, 2.45) is 0 Å². The van der Waals surface area contributed by atoms with E-state index in [1.165, 1.54) is 18.4 Å². The zero-order chi connectivity index (χ0) is 14.0. The minimum absolute atomic E-state index is 0.304. The zero-order valence-corrected chi connectivity index (χ0v) is 11.6. The highest BCUT2D eigenvalue weighted by atomic mass is 32.1. The van der Waals surface area contributed by atoms with Gasteiger partial charge in [0.25, 0.3) is 5.91 Å². The lowest BCUT2D eigenvalue weighted by Crippen LogP contribution is -2.13. The zero-order valence-electron chi connectivity index (χ0n) is 10.8. The van der Waals surface area contributed by atoms with Crippen molar-refractivity contribution in [1.29, 1.82) is 0 Å². The van der Waals surface area contributed by atoms with Crippen molar-refractivity contribution >= 4 is 28.2 Å². The van der Waals surface area contributed by atoms with Gasteiger partial charge in [-0.2, -0.15) is 0 Å². The Balaban J connectivity index is 2.22. The average molecular weight is 279 g/mol. The maximum absolute atomic E-state index is 12.1. The van der Waals surface area contributed by atoms with Crippen LogP contribution in [0.1, 0.15) is 32.2 Å². The summed E-state index contributed by atoms with van der Waals surface area (Å²) in [6, 6.07) is 3.27. The monoisotopic (exact) mass is 279 g/mol. The fourth-order valence-electron chi connectivity index (χ4n) is 1.70. The molecular formula is C13H13NO4S. The highest BCUT2D eigenvalue weighted by Gasteiger charge is 2.18. The largest absolute Gasteiger partial charge is 0.466 e. The number of anilines is 1. The molecule has 0 spiro atoms. The molecule has 0 aromatic carbocycles. The SMILES string of the molecule is COC(=O)c1ccsc1NC(=O)c1cc(C)oc1C. The third kappa shape index (κ3) is 2.68. The number of methoxy groups -OCH3 is 1. The van der Waals surface area contributed by atoms with E-state index in [1.807, 2.05) is 0 Å². The lowest BCUT2D eigenvalue weighted by molar-refractivity contribution is 0.0602. The molecule has 0 atom stereocenters. The molecule has 0 unspecified atom stereocenters. The van der Waals surface area contributed by atoms with E-state index >= 15 is 0 Å². The molecule has 2 heterocycles. The van der Waals surface area contributed by atoms with Gasteiger partial charge in [0.1, 0.15) is 16.5 Å². The number of nitrogens with one attached hydrogen (secondary N) is 1. The van der Waals surface area contributed by atoms with Gasteiger partial charge in [0, 0.05) is 0 Å². The molecule has 2 aromatic rings. The Morgan fingerprint density at radius 1 is 1.32 bits per heavy atom. The Morgan fingerprint density at radius 3 is 2.63 bits per heavy atom. The van der Waals surface area contributed by atoms with Gasteiger partial charge >= 0.3 is 5.97 Å². The minimum atomic E-state index is -0.475. The van der Waals surface area contributed by atoms with Gasteiger partial charge in [-0.15, -0.1) is 11.3 Å². The predicted octanol–water partition coefficient (Wildman–Crippen LogP) is 3.00. The molecule has 1 amide bonds. The second-order valence-electron chi connectivity index (χ2n) is 3.94. The number of furan rings is 1. The van der Waals surface area contributed by atoms with Crippen molar-refractivity contribution in [1.82, 2.24) is 0 Å². The Bertz CT molecular complexity index is 626. The van der Waals surface area contributed by atoms with Gasteiger partial charge in [0.05, 0.1) is 18.2 Å². The molecule has 0 saturated heterocycles. The van der Waals surface area contributed by atoms with Gasteiger partial charge in [-0.1, -0.05) is 0 Å². The van der Waals surface area contributed by atoms with E-state index in [0.717, 1.165) is 0 Å². The second-order valence-corrected chi connectivity index (χ2v) is 4.85. The first-order valence-corrected chi connectivity index (χ1v) is 6.45. The first kappa shape index (κ1) is 13.4. The van der Waals surface area contributed by atoms with Gasteiger partial charge in [-0.05, 0) is 31.4 Å². The maximum Gasteiger partial charge on any atom is 0.340 e. The Hall–Kier alpha value is -2.08. The normalized spacial score (nSPS) is 10.3. The minimum Gasteiger partial charge on any atom is -0.466 e. The molecule has 0 radical (unpaired) electrons. The van der Waals surface area contributed by atoms with Crippen LogP contribution < -0.4 is 5.32 Å². The first-order chi connectivity index (χ1) is 9.02. The fraction of sp³-hybridized carbons (Fsp3) is 0.231. The third-order valence-corrected chi connectivity index (χ3v) is 3.41. The summed E-state index contributed by atoms with van der Waals surface area (Å²) in [7, 11) is 1.30. The molecule has 19 heavy (non-hydrogen) atoms.